The Hall–Kier alpha value is -1.86. The normalized spacial score (nSPS) is 9.80. The Bertz CT molecular complexity index is 738. The molecule has 162 valence electrons. The van der Waals surface area contributed by atoms with E-state index in [9.17, 15) is 0 Å². The summed E-state index contributed by atoms with van der Waals surface area (Å²) in [7, 11) is 0. The molecule has 0 nitrogen and oxygen atoms in total. The fourth-order valence-corrected chi connectivity index (χ4v) is 3.13. The lowest BCUT2D eigenvalue weighted by atomic mass is 10.1. The first-order chi connectivity index (χ1) is 14.5. The van der Waals surface area contributed by atoms with Crippen LogP contribution >= 0.6 is 15.9 Å². The number of halogens is 1. The Balaban J connectivity index is 0.000000229. The Morgan fingerprint density at radius 1 is 0.533 bits per heavy atom. The van der Waals surface area contributed by atoms with Gasteiger partial charge in [0.15, 0.2) is 0 Å². The van der Waals surface area contributed by atoms with E-state index in [2.05, 4.69) is 123 Å². The van der Waals surface area contributed by atoms with Crippen molar-refractivity contribution in [3.63, 3.8) is 0 Å². The maximum atomic E-state index is 3.37. The summed E-state index contributed by atoms with van der Waals surface area (Å²) >= 11 is 3.37. The molecule has 0 spiro atoms. The van der Waals surface area contributed by atoms with Gasteiger partial charge >= 0.3 is 0 Å². The molecule has 0 radical (unpaired) electrons. The van der Waals surface area contributed by atoms with Gasteiger partial charge in [0, 0.05) is 4.47 Å². The first-order valence-electron chi connectivity index (χ1n) is 11.4. The van der Waals surface area contributed by atoms with Crippen LogP contribution in [0, 0.1) is 6.92 Å². The molecule has 0 atom stereocenters. The number of hydrogen-bond donors (Lipinski definition) is 0. The van der Waals surface area contributed by atoms with E-state index in [1.54, 1.807) is 0 Å². The molecule has 0 unspecified atom stereocenters. The van der Waals surface area contributed by atoms with Gasteiger partial charge in [-0.05, 0) is 73.4 Å². The molecular formula is C29H39Br. The molecule has 0 aliphatic carbocycles. The first kappa shape index (κ1) is 26.2. The highest BCUT2D eigenvalue weighted by Gasteiger charge is 1.92. The second kappa shape index (κ2) is 15.9. The molecule has 1 heteroatoms. The van der Waals surface area contributed by atoms with Gasteiger partial charge in [0.1, 0.15) is 0 Å². The van der Waals surface area contributed by atoms with Crippen LogP contribution in [0.4, 0.5) is 0 Å². The lowest BCUT2D eigenvalue weighted by Gasteiger charge is -2.00. The Labute approximate surface area is 193 Å². The van der Waals surface area contributed by atoms with Crippen molar-refractivity contribution in [3.8, 4) is 0 Å². The lowest BCUT2D eigenvalue weighted by Crippen LogP contribution is -1.85. The van der Waals surface area contributed by atoms with Crippen molar-refractivity contribution in [1.29, 1.82) is 0 Å². The van der Waals surface area contributed by atoms with Crippen molar-refractivity contribution in [3.05, 3.63) is 105 Å². The predicted octanol–water partition coefficient (Wildman–Crippen LogP) is 9.16. The van der Waals surface area contributed by atoms with E-state index in [1.807, 2.05) is 0 Å². The van der Waals surface area contributed by atoms with Gasteiger partial charge in [0.25, 0.3) is 0 Å². The number of unbranched alkanes of at least 4 members (excludes halogenated alkanes) is 1. The monoisotopic (exact) mass is 466 g/mol. The maximum absolute atomic E-state index is 3.37. The largest absolute Gasteiger partial charge is 0.0654 e. The topological polar surface area (TPSA) is 0 Å². The number of rotatable bonds is 6. The van der Waals surface area contributed by atoms with E-state index in [1.165, 1.54) is 47.1 Å². The zero-order valence-corrected chi connectivity index (χ0v) is 21.1. The van der Waals surface area contributed by atoms with E-state index in [-0.39, 0.29) is 0 Å². The van der Waals surface area contributed by atoms with Gasteiger partial charge < -0.3 is 0 Å². The van der Waals surface area contributed by atoms with E-state index >= 15 is 0 Å². The van der Waals surface area contributed by atoms with E-state index < -0.39 is 0 Å². The summed E-state index contributed by atoms with van der Waals surface area (Å²) < 4.78 is 1.15. The van der Waals surface area contributed by atoms with Crippen LogP contribution in [0.5, 0.6) is 0 Å². The Morgan fingerprint density at radius 3 is 1.30 bits per heavy atom. The fraction of sp³-hybridized carbons (Fsp3) is 0.379. The molecule has 0 amide bonds. The van der Waals surface area contributed by atoms with Gasteiger partial charge in [-0.15, -0.1) is 0 Å². The van der Waals surface area contributed by atoms with Gasteiger partial charge in [-0.1, -0.05) is 116 Å². The second-order valence-electron chi connectivity index (χ2n) is 7.59. The van der Waals surface area contributed by atoms with Crippen LogP contribution < -0.4 is 0 Å². The highest BCUT2D eigenvalue weighted by Crippen LogP contribution is 2.10. The fourth-order valence-electron chi connectivity index (χ4n) is 2.87. The summed E-state index contributed by atoms with van der Waals surface area (Å²) in [5.74, 6) is 0. The van der Waals surface area contributed by atoms with Gasteiger partial charge in [-0.25, -0.2) is 0 Å². The minimum Gasteiger partial charge on any atom is -0.0654 e. The van der Waals surface area contributed by atoms with Crippen LogP contribution in [-0.2, 0) is 25.7 Å². The molecule has 3 rings (SSSR count). The zero-order chi connectivity index (χ0) is 22.2. The minimum absolute atomic E-state index is 1.12. The smallest absolute Gasteiger partial charge is 0.0175 e. The standard InChI is InChI=1S/C12H18.C9H12.C8H9Br/c1-3-5-6-12-9-7-11(4-2)8-10-12;1-3-9-6-4-8(2)5-7-9;1-2-7-3-5-8(9)6-4-7/h7-10H,3-6H2,1-2H3;4-7H,3H2,1-2H3;3-6H,2H2,1H3. The third kappa shape index (κ3) is 11.4. The average Bonchev–Trinajstić information content (AvgIpc) is 2.80. The number of aryl methyl sites for hydroxylation is 5. The lowest BCUT2D eigenvalue weighted by molar-refractivity contribution is 0.794. The van der Waals surface area contributed by atoms with Crippen molar-refractivity contribution in [1.82, 2.24) is 0 Å². The predicted molar refractivity (Wildman–Crippen MR) is 139 cm³/mol. The average molecular weight is 468 g/mol. The number of hydrogen-bond acceptors (Lipinski definition) is 0. The molecule has 0 N–H and O–H groups in total. The van der Waals surface area contributed by atoms with E-state index in [0.717, 1.165) is 23.7 Å². The van der Waals surface area contributed by atoms with Crippen LogP contribution in [-0.4, -0.2) is 0 Å². The third-order valence-electron chi connectivity index (χ3n) is 5.10. The van der Waals surface area contributed by atoms with E-state index in [4.69, 9.17) is 0 Å². The SMILES string of the molecule is CCCCc1ccc(CC)cc1.CCc1ccc(Br)cc1.CCc1ccc(C)cc1. The van der Waals surface area contributed by atoms with Gasteiger partial charge in [0.05, 0.1) is 0 Å². The molecule has 3 aromatic carbocycles. The van der Waals surface area contributed by atoms with Crippen LogP contribution in [0.25, 0.3) is 0 Å². The molecule has 0 bridgehead atoms. The molecule has 0 heterocycles. The summed E-state index contributed by atoms with van der Waals surface area (Å²) in [5.41, 5.74) is 7.07. The summed E-state index contributed by atoms with van der Waals surface area (Å²) in [4.78, 5) is 0. The molecule has 0 aromatic heterocycles. The summed E-state index contributed by atoms with van der Waals surface area (Å²) in [6.45, 7) is 10.9. The first-order valence-corrected chi connectivity index (χ1v) is 12.2. The Morgan fingerprint density at radius 2 is 0.900 bits per heavy atom. The molecular weight excluding hydrogens is 428 g/mol. The molecule has 3 aromatic rings. The summed E-state index contributed by atoms with van der Waals surface area (Å²) in [5, 5.41) is 0. The van der Waals surface area contributed by atoms with Crippen LogP contribution in [0.3, 0.4) is 0 Å². The van der Waals surface area contributed by atoms with Crippen LogP contribution in [0.15, 0.2) is 77.3 Å². The summed E-state index contributed by atoms with van der Waals surface area (Å²) in [6, 6.07) is 26.0. The molecule has 0 saturated heterocycles. The molecule has 0 aliphatic rings. The van der Waals surface area contributed by atoms with Crippen molar-refractivity contribution < 1.29 is 0 Å². The third-order valence-corrected chi connectivity index (χ3v) is 5.63. The highest BCUT2D eigenvalue weighted by molar-refractivity contribution is 9.10. The van der Waals surface area contributed by atoms with Gasteiger partial charge in [-0.3, -0.25) is 0 Å². The van der Waals surface area contributed by atoms with Crippen LogP contribution in [0.1, 0.15) is 68.4 Å². The minimum atomic E-state index is 1.12. The van der Waals surface area contributed by atoms with Gasteiger partial charge in [0.2, 0.25) is 0 Å². The molecule has 0 fully saturated rings. The van der Waals surface area contributed by atoms with Crippen molar-refractivity contribution >= 4 is 15.9 Å². The highest BCUT2D eigenvalue weighted by atomic mass is 79.9. The number of benzene rings is 3. The van der Waals surface area contributed by atoms with Crippen molar-refractivity contribution in [2.24, 2.45) is 0 Å². The second-order valence-corrected chi connectivity index (χ2v) is 8.51. The maximum Gasteiger partial charge on any atom is 0.0175 e. The Kier molecular flexibility index (Phi) is 13.9. The van der Waals surface area contributed by atoms with Gasteiger partial charge in [-0.2, -0.15) is 0 Å². The molecule has 0 aliphatic heterocycles. The van der Waals surface area contributed by atoms with E-state index in [0.29, 0.717) is 0 Å². The zero-order valence-electron chi connectivity index (χ0n) is 19.5. The summed E-state index contributed by atoms with van der Waals surface area (Å²) in [6.07, 6.45) is 7.24. The quantitative estimate of drug-likeness (QED) is 0.339. The van der Waals surface area contributed by atoms with Crippen molar-refractivity contribution in [2.45, 2.75) is 73.1 Å². The van der Waals surface area contributed by atoms with Crippen LogP contribution in [0.2, 0.25) is 0 Å². The molecule has 30 heavy (non-hydrogen) atoms. The van der Waals surface area contributed by atoms with Crippen molar-refractivity contribution in [2.75, 3.05) is 0 Å². The molecule has 0 saturated carbocycles.